The molecule has 0 aromatic heterocycles. The lowest BCUT2D eigenvalue weighted by Crippen LogP contribution is -2.28. The lowest BCUT2D eigenvalue weighted by molar-refractivity contribution is 0.276. The Labute approximate surface area is 122 Å². The van der Waals surface area contributed by atoms with Crippen molar-refractivity contribution in [1.29, 1.82) is 0 Å². The van der Waals surface area contributed by atoms with E-state index >= 15 is 0 Å². The van der Waals surface area contributed by atoms with Gasteiger partial charge < -0.3 is 10.2 Å². The van der Waals surface area contributed by atoms with Gasteiger partial charge in [-0.15, -0.1) is 0 Å². The Balaban J connectivity index is 1.92. The molecular weight excluding hydrogens is 256 g/mol. The number of hydrogen-bond donors (Lipinski definition) is 1. The zero-order chi connectivity index (χ0) is 13.9. The average Bonchev–Trinajstić information content (AvgIpc) is 2.72. The van der Waals surface area contributed by atoms with E-state index in [2.05, 4.69) is 36.2 Å². The zero-order valence-corrected chi connectivity index (χ0v) is 13.0. The second kappa shape index (κ2) is 6.25. The molecule has 0 radical (unpaired) electrons. The SMILES string of the molecule is CNC(CCN1CCC(C)(C)C1)c1ccccc1Cl. The topological polar surface area (TPSA) is 15.3 Å². The van der Waals surface area contributed by atoms with Crippen molar-refractivity contribution in [3.63, 3.8) is 0 Å². The van der Waals surface area contributed by atoms with Gasteiger partial charge in [-0.25, -0.2) is 0 Å². The van der Waals surface area contributed by atoms with Crippen molar-refractivity contribution in [2.45, 2.75) is 32.7 Å². The van der Waals surface area contributed by atoms with Crippen molar-refractivity contribution in [1.82, 2.24) is 10.2 Å². The molecule has 3 heteroatoms. The largest absolute Gasteiger partial charge is 0.313 e. The Morgan fingerprint density at radius 1 is 1.37 bits per heavy atom. The number of likely N-dealkylation sites (tertiary alicyclic amines) is 1. The number of rotatable bonds is 5. The van der Waals surface area contributed by atoms with Crippen LogP contribution in [0.25, 0.3) is 0 Å². The molecular formula is C16H25ClN2. The number of benzene rings is 1. The van der Waals surface area contributed by atoms with Crippen LogP contribution in [0.3, 0.4) is 0 Å². The fourth-order valence-electron chi connectivity index (χ4n) is 2.94. The smallest absolute Gasteiger partial charge is 0.0453 e. The minimum atomic E-state index is 0.345. The minimum absolute atomic E-state index is 0.345. The van der Waals surface area contributed by atoms with Gasteiger partial charge in [-0.3, -0.25) is 0 Å². The zero-order valence-electron chi connectivity index (χ0n) is 12.2. The van der Waals surface area contributed by atoms with Crippen molar-refractivity contribution in [3.05, 3.63) is 34.9 Å². The molecule has 1 fully saturated rings. The summed E-state index contributed by atoms with van der Waals surface area (Å²) in [5.41, 5.74) is 1.70. The van der Waals surface area contributed by atoms with E-state index in [1.165, 1.54) is 25.1 Å². The van der Waals surface area contributed by atoms with Crippen LogP contribution < -0.4 is 5.32 Å². The second-order valence-corrected chi connectivity index (χ2v) is 6.75. The predicted octanol–water partition coefficient (Wildman–Crippen LogP) is 3.72. The first-order valence-electron chi connectivity index (χ1n) is 7.16. The van der Waals surface area contributed by atoms with Gasteiger partial charge in [-0.2, -0.15) is 0 Å². The summed E-state index contributed by atoms with van der Waals surface area (Å²) in [5, 5.41) is 4.26. The summed E-state index contributed by atoms with van der Waals surface area (Å²) < 4.78 is 0. The van der Waals surface area contributed by atoms with Gasteiger partial charge in [0.2, 0.25) is 0 Å². The lowest BCUT2D eigenvalue weighted by Gasteiger charge is -2.23. The maximum absolute atomic E-state index is 6.28. The molecule has 2 rings (SSSR count). The molecule has 1 aliphatic heterocycles. The van der Waals surface area contributed by atoms with Crippen LogP contribution in [0.4, 0.5) is 0 Å². The Hall–Kier alpha value is -0.570. The maximum atomic E-state index is 6.28. The fraction of sp³-hybridized carbons (Fsp3) is 0.625. The van der Waals surface area contributed by atoms with Crippen LogP contribution in [0.5, 0.6) is 0 Å². The highest BCUT2D eigenvalue weighted by atomic mass is 35.5. The summed E-state index contributed by atoms with van der Waals surface area (Å²) >= 11 is 6.28. The maximum Gasteiger partial charge on any atom is 0.0453 e. The highest BCUT2D eigenvalue weighted by Crippen LogP contribution is 2.30. The Morgan fingerprint density at radius 3 is 2.68 bits per heavy atom. The molecule has 1 N–H and O–H groups in total. The molecule has 0 aliphatic carbocycles. The second-order valence-electron chi connectivity index (χ2n) is 6.34. The molecule has 1 aromatic rings. The Morgan fingerprint density at radius 2 is 2.11 bits per heavy atom. The molecule has 1 unspecified atom stereocenters. The lowest BCUT2D eigenvalue weighted by atomic mass is 9.93. The van der Waals surface area contributed by atoms with E-state index in [0.29, 0.717) is 11.5 Å². The van der Waals surface area contributed by atoms with Crippen molar-refractivity contribution in [2.24, 2.45) is 5.41 Å². The summed E-state index contributed by atoms with van der Waals surface area (Å²) in [4.78, 5) is 2.57. The minimum Gasteiger partial charge on any atom is -0.313 e. The van der Waals surface area contributed by atoms with Gasteiger partial charge in [-0.1, -0.05) is 43.6 Å². The van der Waals surface area contributed by atoms with E-state index in [0.717, 1.165) is 18.0 Å². The van der Waals surface area contributed by atoms with Gasteiger partial charge in [0.15, 0.2) is 0 Å². The van der Waals surface area contributed by atoms with E-state index < -0.39 is 0 Å². The van der Waals surface area contributed by atoms with Crippen LogP contribution in [0.1, 0.15) is 38.3 Å². The van der Waals surface area contributed by atoms with Crippen molar-refractivity contribution < 1.29 is 0 Å². The molecule has 0 bridgehead atoms. The summed E-state index contributed by atoms with van der Waals surface area (Å²) in [6.07, 6.45) is 2.42. The summed E-state index contributed by atoms with van der Waals surface area (Å²) in [5.74, 6) is 0. The summed E-state index contributed by atoms with van der Waals surface area (Å²) in [6.45, 7) is 8.30. The quantitative estimate of drug-likeness (QED) is 0.884. The third kappa shape index (κ3) is 3.95. The van der Waals surface area contributed by atoms with Crippen molar-refractivity contribution >= 4 is 11.6 Å². The highest BCUT2D eigenvalue weighted by molar-refractivity contribution is 6.31. The Kier molecular flexibility index (Phi) is 4.88. The van der Waals surface area contributed by atoms with Crippen LogP contribution in [-0.4, -0.2) is 31.6 Å². The first-order valence-corrected chi connectivity index (χ1v) is 7.54. The van der Waals surface area contributed by atoms with Crippen molar-refractivity contribution in [3.8, 4) is 0 Å². The third-order valence-electron chi connectivity index (χ3n) is 4.12. The monoisotopic (exact) mass is 280 g/mol. The van der Waals surface area contributed by atoms with Gasteiger partial charge in [0.25, 0.3) is 0 Å². The molecule has 1 atom stereocenters. The molecule has 0 amide bonds. The first kappa shape index (κ1) is 14.8. The third-order valence-corrected chi connectivity index (χ3v) is 4.46. The van der Waals surface area contributed by atoms with Crippen molar-refractivity contribution in [2.75, 3.05) is 26.7 Å². The predicted molar refractivity (Wildman–Crippen MR) is 82.7 cm³/mol. The summed E-state index contributed by atoms with van der Waals surface area (Å²) in [7, 11) is 2.02. The van der Waals surface area contributed by atoms with Gasteiger partial charge in [0, 0.05) is 17.6 Å². The van der Waals surface area contributed by atoms with Gasteiger partial charge in [-0.05, 0) is 50.0 Å². The van der Waals surface area contributed by atoms with E-state index in [1.54, 1.807) is 0 Å². The number of hydrogen-bond acceptors (Lipinski definition) is 2. The highest BCUT2D eigenvalue weighted by Gasteiger charge is 2.29. The number of halogens is 1. The molecule has 1 aromatic carbocycles. The van der Waals surface area contributed by atoms with Crippen LogP contribution >= 0.6 is 11.6 Å². The molecule has 2 nitrogen and oxygen atoms in total. The standard InChI is InChI=1S/C16H25ClN2/c1-16(2)9-11-19(12-16)10-8-15(18-3)13-6-4-5-7-14(13)17/h4-7,15,18H,8-12H2,1-3H3. The van der Waals surface area contributed by atoms with E-state index in [4.69, 9.17) is 11.6 Å². The summed E-state index contributed by atoms with van der Waals surface area (Å²) in [6, 6.07) is 8.49. The fourth-order valence-corrected chi connectivity index (χ4v) is 3.21. The van der Waals surface area contributed by atoms with Gasteiger partial charge >= 0.3 is 0 Å². The average molecular weight is 281 g/mol. The number of nitrogens with one attached hydrogen (secondary N) is 1. The molecule has 0 saturated carbocycles. The van der Waals surface area contributed by atoms with Gasteiger partial charge in [0.1, 0.15) is 0 Å². The van der Waals surface area contributed by atoms with Crippen LogP contribution in [0.15, 0.2) is 24.3 Å². The molecule has 106 valence electrons. The molecule has 0 spiro atoms. The van der Waals surface area contributed by atoms with Crippen LogP contribution in [0.2, 0.25) is 5.02 Å². The van der Waals surface area contributed by atoms with Crippen LogP contribution in [-0.2, 0) is 0 Å². The van der Waals surface area contributed by atoms with E-state index in [1.807, 2.05) is 19.2 Å². The molecule has 1 saturated heterocycles. The Bertz CT molecular complexity index is 417. The van der Waals surface area contributed by atoms with E-state index in [-0.39, 0.29) is 0 Å². The van der Waals surface area contributed by atoms with E-state index in [9.17, 15) is 0 Å². The number of nitrogens with zero attached hydrogens (tertiary/aromatic N) is 1. The molecule has 1 aliphatic rings. The normalized spacial score (nSPS) is 20.6. The molecule has 1 heterocycles. The van der Waals surface area contributed by atoms with Crippen LogP contribution in [0, 0.1) is 5.41 Å². The molecule has 19 heavy (non-hydrogen) atoms. The van der Waals surface area contributed by atoms with Gasteiger partial charge in [0.05, 0.1) is 0 Å². The first-order chi connectivity index (χ1) is 9.02.